The first-order chi connectivity index (χ1) is 16.9. The number of halogens is 1. The summed E-state index contributed by atoms with van der Waals surface area (Å²) in [5.74, 6) is 0.255. The van der Waals surface area contributed by atoms with E-state index in [4.69, 9.17) is 9.47 Å². The maximum absolute atomic E-state index is 13.2. The molecule has 35 heavy (non-hydrogen) atoms. The number of rotatable bonds is 8. The van der Waals surface area contributed by atoms with Crippen molar-refractivity contribution >= 4 is 15.9 Å². The Balaban J connectivity index is 1.42. The summed E-state index contributed by atoms with van der Waals surface area (Å²) in [6.07, 6.45) is 3.40. The summed E-state index contributed by atoms with van der Waals surface area (Å²) < 4.78 is 51.7. The van der Waals surface area contributed by atoms with Crippen LogP contribution in [0.25, 0.3) is 0 Å². The molecule has 0 spiro atoms. The van der Waals surface area contributed by atoms with Crippen LogP contribution in [-0.4, -0.2) is 61.3 Å². The summed E-state index contributed by atoms with van der Waals surface area (Å²) in [4.78, 5) is 18.8. The largest absolute Gasteiger partial charge is 0.490 e. The van der Waals surface area contributed by atoms with Crippen LogP contribution < -0.4 is 9.47 Å². The SMILES string of the molecule is CCOc1cc(C(=O)N2CCN(S(=O)(=O)c3ccc(F)cc3)CC2)ccc1OCc1cccnc1. The lowest BCUT2D eigenvalue weighted by atomic mass is 10.1. The summed E-state index contributed by atoms with van der Waals surface area (Å²) in [7, 11) is -3.75. The van der Waals surface area contributed by atoms with Gasteiger partial charge >= 0.3 is 0 Å². The van der Waals surface area contributed by atoms with E-state index in [2.05, 4.69) is 4.98 Å². The highest BCUT2D eigenvalue weighted by Crippen LogP contribution is 2.30. The van der Waals surface area contributed by atoms with Crippen LogP contribution >= 0.6 is 0 Å². The van der Waals surface area contributed by atoms with Gasteiger partial charge < -0.3 is 14.4 Å². The van der Waals surface area contributed by atoms with Gasteiger partial charge in [0.15, 0.2) is 11.5 Å². The minimum absolute atomic E-state index is 0.0295. The van der Waals surface area contributed by atoms with Crippen molar-refractivity contribution in [3.8, 4) is 11.5 Å². The van der Waals surface area contributed by atoms with Crippen molar-refractivity contribution in [3.63, 3.8) is 0 Å². The number of ether oxygens (including phenoxy) is 2. The Kier molecular flexibility index (Phi) is 7.62. The van der Waals surface area contributed by atoms with Crippen molar-refractivity contribution in [2.24, 2.45) is 0 Å². The predicted molar refractivity (Wildman–Crippen MR) is 127 cm³/mol. The summed E-state index contributed by atoms with van der Waals surface area (Å²) in [5, 5.41) is 0. The molecule has 2 aromatic carbocycles. The summed E-state index contributed by atoms with van der Waals surface area (Å²) in [5.41, 5.74) is 1.33. The fourth-order valence-electron chi connectivity index (χ4n) is 3.74. The first-order valence-corrected chi connectivity index (χ1v) is 12.7. The van der Waals surface area contributed by atoms with E-state index in [1.54, 1.807) is 35.5 Å². The van der Waals surface area contributed by atoms with Gasteiger partial charge in [0, 0.05) is 49.7 Å². The highest BCUT2D eigenvalue weighted by molar-refractivity contribution is 7.89. The zero-order chi connectivity index (χ0) is 24.8. The molecule has 184 valence electrons. The lowest BCUT2D eigenvalue weighted by Gasteiger charge is -2.34. The number of hydrogen-bond donors (Lipinski definition) is 0. The van der Waals surface area contributed by atoms with Gasteiger partial charge in [-0.25, -0.2) is 12.8 Å². The van der Waals surface area contributed by atoms with Crippen molar-refractivity contribution in [2.75, 3.05) is 32.8 Å². The van der Waals surface area contributed by atoms with E-state index < -0.39 is 15.8 Å². The van der Waals surface area contributed by atoms with Crippen LogP contribution in [-0.2, 0) is 16.6 Å². The quantitative estimate of drug-likeness (QED) is 0.472. The molecule has 3 aromatic rings. The van der Waals surface area contributed by atoms with Gasteiger partial charge in [-0.05, 0) is 55.5 Å². The normalized spacial score (nSPS) is 14.5. The van der Waals surface area contributed by atoms with Gasteiger partial charge in [0.2, 0.25) is 10.0 Å². The van der Waals surface area contributed by atoms with E-state index >= 15 is 0 Å². The molecule has 0 N–H and O–H groups in total. The van der Waals surface area contributed by atoms with E-state index in [1.807, 2.05) is 19.1 Å². The number of hydrogen-bond acceptors (Lipinski definition) is 6. The van der Waals surface area contributed by atoms with Crippen molar-refractivity contribution in [2.45, 2.75) is 18.4 Å². The summed E-state index contributed by atoms with van der Waals surface area (Å²) >= 11 is 0. The molecule has 1 aliphatic rings. The molecule has 0 aliphatic carbocycles. The molecule has 1 amide bonds. The Morgan fingerprint density at radius 3 is 2.40 bits per heavy atom. The molecule has 1 aromatic heterocycles. The second-order valence-electron chi connectivity index (χ2n) is 7.89. The zero-order valence-electron chi connectivity index (χ0n) is 19.3. The van der Waals surface area contributed by atoms with Crippen molar-refractivity contribution < 1.29 is 27.1 Å². The maximum Gasteiger partial charge on any atom is 0.254 e. The molecule has 2 heterocycles. The Labute approximate surface area is 204 Å². The van der Waals surface area contributed by atoms with Crippen LogP contribution in [0.4, 0.5) is 4.39 Å². The Morgan fingerprint density at radius 1 is 1.00 bits per heavy atom. The minimum atomic E-state index is -3.75. The van der Waals surface area contributed by atoms with E-state index in [0.29, 0.717) is 30.3 Å². The van der Waals surface area contributed by atoms with Crippen LogP contribution in [0.2, 0.25) is 0 Å². The molecule has 0 bridgehead atoms. The molecular formula is C25H26FN3O5S. The number of amides is 1. The van der Waals surface area contributed by atoms with Crippen LogP contribution in [0.1, 0.15) is 22.8 Å². The summed E-state index contributed by atoms with van der Waals surface area (Å²) in [6.45, 7) is 3.34. The highest BCUT2D eigenvalue weighted by atomic mass is 32.2. The van der Waals surface area contributed by atoms with E-state index in [1.165, 1.54) is 16.4 Å². The van der Waals surface area contributed by atoms with Gasteiger partial charge in [0.05, 0.1) is 11.5 Å². The average molecular weight is 500 g/mol. The van der Waals surface area contributed by atoms with Crippen LogP contribution in [0.3, 0.4) is 0 Å². The molecular weight excluding hydrogens is 473 g/mol. The number of carbonyl (C=O) groups is 1. The standard InChI is InChI=1S/C25H26FN3O5S/c1-2-33-24-16-20(5-10-23(24)34-18-19-4-3-11-27-17-19)25(30)28-12-14-29(15-13-28)35(31,32)22-8-6-21(26)7-9-22/h3-11,16-17H,2,12-15,18H2,1H3. The molecule has 0 radical (unpaired) electrons. The van der Waals surface area contributed by atoms with Crippen molar-refractivity contribution in [3.05, 3.63) is 83.9 Å². The van der Waals surface area contributed by atoms with Gasteiger partial charge in [-0.1, -0.05) is 6.07 Å². The lowest BCUT2D eigenvalue weighted by Crippen LogP contribution is -2.50. The highest BCUT2D eigenvalue weighted by Gasteiger charge is 2.30. The van der Waals surface area contributed by atoms with Gasteiger partial charge in [-0.3, -0.25) is 9.78 Å². The van der Waals surface area contributed by atoms with Crippen molar-refractivity contribution in [1.82, 2.24) is 14.2 Å². The van der Waals surface area contributed by atoms with E-state index in [9.17, 15) is 17.6 Å². The molecule has 8 nitrogen and oxygen atoms in total. The maximum atomic E-state index is 13.2. The smallest absolute Gasteiger partial charge is 0.254 e. The number of aromatic nitrogens is 1. The zero-order valence-corrected chi connectivity index (χ0v) is 20.1. The third kappa shape index (κ3) is 5.77. The monoisotopic (exact) mass is 499 g/mol. The number of carbonyl (C=O) groups excluding carboxylic acids is 1. The van der Waals surface area contributed by atoms with Gasteiger partial charge in [0.25, 0.3) is 5.91 Å². The first kappa shape index (κ1) is 24.6. The Hall–Kier alpha value is -3.50. The molecule has 0 unspecified atom stereocenters. The van der Waals surface area contributed by atoms with Crippen LogP contribution in [0.5, 0.6) is 11.5 Å². The minimum Gasteiger partial charge on any atom is -0.490 e. The third-order valence-electron chi connectivity index (χ3n) is 5.58. The first-order valence-electron chi connectivity index (χ1n) is 11.2. The van der Waals surface area contributed by atoms with E-state index in [-0.39, 0.29) is 37.0 Å². The third-order valence-corrected chi connectivity index (χ3v) is 7.50. The Morgan fingerprint density at radius 2 is 1.74 bits per heavy atom. The molecule has 1 fully saturated rings. The molecule has 1 aliphatic heterocycles. The number of pyridine rings is 1. The second-order valence-corrected chi connectivity index (χ2v) is 9.83. The number of piperazine rings is 1. The lowest BCUT2D eigenvalue weighted by molar-refractivity contribution is 0.0697. The molecule has 0 saturated carbocycles. The van der Waals surface area contributed by atoms with Gasteiger partial charge in [-0.15, -0.1) is 0 Å². The molecule has 10 heteroatoms. The number of sulfonamides is 1. The molecule has 4 rings (SSSR count). The van der Waals surface area contributed by atoms with Crippen LogP contribution in [0.15, 0.2) is 71.9 Å². The molecule has 0 atom stereocenters. The van der Waals surface area contributed by atoms with Crippen LogP contribution in [0, 0.1) is 5.82 Å². The van der Waals surface area contributed by atoms with E-state index in [0.717, 1.165) is 17.7 Å². The second kappa shape index (κ2) is 10.8. The predicted octanol–water partition coefficient (Wildman–Crippen LogP) is 3.35. The topological polar surface area (TPSA) is 89.0 Å². The summed E-state index contributed by atoms with van der Waals surface area (Å²) in [6, 6.07) is 13.5. The number of nitrogens with zero attached hydrogens (tertiary/aromatic N) is 3. The van der Waals surface area contributed by atoms with Gasteiger partial charge in [0.1, 0.15) is 12.4 Å². The van der Waals surface area contributed by atoms with Crippen molar-refractivity contribution in [1.29, 1.82) is 0 Å². The van der Waals surface area contributed by atoms with Gasteiger partial charge in [-0.2, -0.15) is 4.31 Å². The average Bonchev–Trinajstić information content (AvgIpc) is 2.88. The fraction of sp³-hybridized carbons (Fsp3) is 0.280. The number of benzene rings is 2. The Bertz CT molecular complexity index is 1260. The molecule has 1 saturated heterocycles. The fourth-order valence-corrected chi connectivity index (χ4v) is 5.17.